The van der Waals surface area contributed by atoms with E-state index in [2.05, 4.69) is 29.3 Å². The number of rotatable bonds is 7. The highest BCUT2D eigenvalue weighted by Crippen LogP contribution is 2.25. The van der Waals surface area contributed by atoms with E-state index in [0.29, 0.717) is 11.6 Å². The molecule has 0 saturated carbocycles. The Morgan fingerprint density at radius 3 is 2.32 bits per heavy atom. The molecule has 3 atom stereocenters. The summed E-state index contributed by atoms with van der Waals surface area (Å²) >= 11 is 0. The van der Waals surface area contributed by atoms with Crippen molar-refractivity contribution in [3.63, 3.8) is 0 Å². The number of amides is 1. The summed E-state index contributed by atoms with van der Waals surface area (Å²) in [6.07, 6.45) is 3.61. The van der Waals surface area contributed by atoms with Gasteiger partial charge in [-0.2, -0.15) is 0 Å². The summed E-state index contributed by atoms with van der Waals surface area (Å²) in [5.41, 5.74) is 2.66. The molecule has 1 fully saturated rings. The van der Waals surface area contributed by atoms with Crippen LogP contribution in [0.3, 0.4) is 0 Å². The van der Waals surface area contributed by atoms with Gasteiger partial charge in [-0.05, 0) is 62.4 Å². The smallest absolute Gasteiger partial charge is 0.244 e. The monoisotopic (exact) mass is 443 g/mol. The highest BCUT2D eigenvalue weighted by Gasteiger charge is 2.29. The predicted octanol–water partition coefficient (Wildman–Crippen LogP) is 3.95. The van der Waals surface area contributed by atoms with E-state index in [9.17, 15) is 13.2 Å². The van der Waals surface area contributed by atoms with Crippen LogP contribution in [0.1, 0.15) is 45.2 Å². The lowest BCUT2D eigenvalue weighted by Gasteiger charge is -2.33. The van der Waals surface area contributed by atoms with Gasteiger partial charge in [-0.25, -0.2) is 8.42 Å². The maximum atomic E-state index is 12.9. The molecule has 0 bridgehead atoms. The first-order valence-electron chi connectivity index (χ1n) is 10.9. The van der Waals surface area contributed by atoms with E-state index >= 15 is 0 Å². The quantitative estimate of drug-likeness (QED) is 0.703. The average Bonchev–Trinajstić information content (AvgIpc) is 2.73. The Morgan fingerprint density at radius 2 is 1.74 bits per heavy atom. The molecule has 6 nitrogen and oxygen atoms in total. The van der Waals surface area contributed by atoms with Crippen LogP contribution in [0.2, 0.25) is 0 Å². The molecule has 1 heterocycles. The Hall–Kier alpha value is -2.54. The van der Waals surface area contributed by atoms with Crippen molar-refractivity contribution in [1.82, 2.24) is 5.32 Å². The van der Waals surface area contributed by atoms with Crippen LogP contribution in [0.15, 0.2) is 54.6 Å². The van der Waals surface area contributed by atoms with E-state index in [1.807, 2.05) is 25.1 Å². The summed E-state index contributed by atoms with van der Waals surface area (Å²) < 4.78 is 25.9. The summed E-state index contributed by atoms with van der Waals surface area (Å²) in [7, 11) is -3.62. The van der Waals surface area contributed by atoms with E-state index in [4.69, 9.17) is 0 Å². The van der Waals surface area contributed by atoms with Crippen molar-refractivity contribution in [2.24, 2.45) is 5.92 Å². The minimum absolute atomic E-state index is 0.235. The van der Waals surface area contributed by atoms with E-state index in [-0.39, 0.29) is 11.9 Å². The second kappa shape index (κ2) is 9.73. The molecule has 0 unspecified atom stereocenters. The summed E-state index contributed by atoms with van der Waals surface area (Å²) in [4.78, 5) is 15.3. The molecule has 7 heteroatoms. The van der Waals surface area contributed by atoms with Gasteiger partial charge >= 0.3 is 0 Å². The number of nitrogens with one attached hydrogen (secondary N) is 1. The highest BCUT2D eigenvalue weighted by molar-refractivity contribution is 7.92. The SMILES string of the molecule is C[C@@H]1CCCN(c2ccc([C@@H](C)NC(=O)[C@@H](C)N(c3ccccc3)S(C)(=O)=O)cc2)C1. The maximum Gasteiger partial charge on any atom is 0.244 e. The second-order valence-electron chi connectivity index (χ2n) is 8.59. The zero-order chi connectivity index (χ0) is 22.6. The van der Waals surface area contributed by atoms with Gasteiger partial charge in [-0.3, -0.25) is 9.10 Å². The number of nitrogens with zero attached hydrogens (tertiary/aromatic N) is 2. The number of carbonyl (C=O) groups excluding carboxylic acids is 1. The molecule has 1 aliphatic heterocycles. The van der Waals surface area contributed by atoms with Crippen molar-refractivity contribution in [3.8, 4) is 0 Å². The van der Waals surface area contributed by atoms with Crippen LogP contribution < -0.4 is 14.5 Å². The van der Waals surface area contributed by atoms with Crippen LogP contribution in [0.5, 0.6) is 0 Å². The highest BCUT2D eigenvalue weighted by atomic mass is 32.2. The van der Waals surface area contributed by atoms with Gasteiger partial charge in [0, 0.05) is 18.8 Å². The molecule has 0 aromatic heterocycles. The van der Waals surface area contributed by atoms with Crippen LogP contribution in [0.25, 0.3) is 0 Å². The molecule has 3 rings (SSSR count). The zero-order valence-corrected chi connectivity index (χ0v) is 19.6. The number of sulfonamides is 1. The molecular weight excluding hydrogens is 410 g/mol. The zero-order valence-electron chi connectivity index (χ0n) is 18.8. The van der Waals surface area contributed by atoms with Crippen molar-refractivity contribution in [2.75, 3.05) is 28.6 Å². The van der Waals surface area contributed by atoms with Crippen molar-refractivity contribution >= 4 is 27.3 Å². The van der Waals surface area contributed by atoms with E-state index in [0.717, 1.165) is 29.2 Å². The normalized spacial score (nSPS) is 18.8. The van der Waals surface area contributed by atoms with Crippen LogP contribution in [-0.2, 0) is 14.8 Å². The predicted molar refractivity (Wildman–Crippen MR) is 127 cm³/mol. The summed E-state index contributed by atoms with van der Waals surface area (Å²) in [5, 5.41) is 2.97. The van der Waals surface area contributed by atoms with Gasteiger partial charge in [-0.1, -0.05) is 37.3 Å². The number of piperidine rings is 1. The third-order valence-electron chi connectivity index (χ3n) is 5.87. The van der Waals surface area contributed by atoms with E-state index in [1.165, 1.54) is 18.5 Å². The molecule has 0 aliphatic carbocycles. The number of hydrogen-bond acceptors (Lipinski definition) is 4. The Labute approximate surface area is 186 Å². The molecule has 0 spiro atoms. The van der Waals surface area contributed by atoms with E-state index in [1.54, 1.807) is 31.2 Å². The van der Waals surface area contributed by atoms with Gasteiger partial charge in [-0.15, -0.1) is 0 Å². The molecule has 2 aromatic rings. The molecule has 2 aromatic carbocycles. The first kappa shape index (κ1) is 23.1. The number of benzene rings is 2. The molecular formula is C24H33N3O3S. The lowest BCUT2D eigenvalue weighted by atomic mass is 9.99. The van der Waals surface area contributed by atoms with Crippen LogP contribution in [-0.4, -0.2) is 39.7 Å². The van der Waals surface area contributed by atoms with Crippen molar-refractivity contribution in [3.05, 3.63) is 60.2 Å². The molecule has 31 heavy (non-hydrogen) atoms. The third-order valence-corrected chi connectivity index (χ3v) is 7.11. The summed E-state index contributed by atoms with van der Waals surface area (Å²) in [6, 6.07) is 15.9. The first-order chi connectivity index (χ1) is 14.7. The van der Waals surface area contributed by atoms with Crippen molar-refractivity contribution in [1.29, 1.82) is 0 Å². The molecule has 1 aliphatic rings. The Morgan fingerprint density at radius 1 is 1.10 bits per heavy atom. The lowest BCUT2D eigenvalue weighted by molar-refractivity contribution is -0.122. The lowest BCUT2D eigenvalue weighted by Crippen LogP contribution is -2.48. The van der Waals surface area contributed by atoms with E-state index < -0.39 is 16.1 Å². The largest absolute Gasteiger partial charge is 0.371 e. The fraction of sp³-hybridized carbons (Fsp3) is 0.458. The van der Waals surface area contributed by atoms with Crippen LogP contribution >= 0.6 is 0 Å². The summed E-state index contributed by atoms with van der Waals surface area (Å²) in [6.45, 7) is 7.96. The second-order valence-corrected chi connectivity index (χ2v) is 10.4. The Kier molecular flexibility index (Phi) is 7.26. The Bertz CT molecular complexity index is 977. The van der Waals surface area contributed by atoms with Gasteiger partial charge in [0.05, 0.1) is 18.0 Å². The van der Waals surface area contributed by atoms with Gasteiger partial charge in [0.15, 0.2) is 0 Å². The van der Waals surface area contributed by atoms with Crippen LogP contribution in [0.4, 0.5) is 11.4 Å². The Balaban J connectivity index is 1.69. The fourth-order valence-corrected chi connectivity index (χ4v) is 5.37. The van der Waals surface area contributed by atoms with Crippen LogP contribution in [0, 0.1) is 5.92 Å². The van der Waals surface area contributed by atoms with Gasteiger partial charge in [0.25, 0.3) is 0 Å². The molecule has 168 valence electrons. The fourth-order valence-electron chi connectivity index (χ4n) is 4.20. The standard InChI is InChI=1S/C24H33N3O3S/c1-18-9-8-16-26(17-18)22-14-12-21(13-15-22)19(2)25-24(28)20(3)27(31(4,29)30)23-10-6-5-7-11-23/h5-7,10-15,18-20H,8-9,16-17H2,1-4H3,(H,25,28)/t18-,19-,20-/m1/s1. The first-order valence-corrected chi connectivity index (χ1v) is 12.7. The summed E-state index contributed by atoms with van der Waals surface area (Å²) in [5.74, 6) is 0.367. The minimum atomic E-state index is -3.62. The van der Waals surface area contributed by atoms with Gasteiger partial charge in [0.2, 0.25) is 15.9 Å². The number of hydrogen-bond donors (Lipinski definition) is 1. The molecule has 1 amide bonds. The molecule has 1 saturated heterocycles. The molecule has 1 N–H and O–H groups in total. The van der Waals surface area contributed by atoms with Gasteiger partial charge in [0.1, 0.15) is 6.04 Å². The number of anilines is 2. The van der Waals surface area contributed by atoms with Crippen molar-refractivity contribution < 1.29 is 13.2 Å². The number of carbonyl (C=O) groups is 1. The third kappa shape index (κ3) is 5.79. The molecule has 0 radical (unpaired) electrons. The average molecular weight is 444 g/mol. The number of para-hydroxylation sites is 1. The minimum Gasteiger partial charge on any atom is -0.371 e. The maximum absolute atomic E-state index is 12.9. The van der Waals surface area contributed by atoms with Crippen molar-refractivity contribution in [2.45, 2.75) is 45.7 Å². The van der Waals surface area contributed by atoms with Gasteiger partial charge < -0.3 is 10.2 Å². The topological polar surface area (TPSA) is 69.7 Å².